The summed E-state index contributed by atoms with van der Waals surface area (Å²) in [5, 5.41) is 10.7. The maximum atomic E-state index is 14.0. The first-order valence-electron chi connectivity index (χ1n) is 8.24. The van der Waals surface area contributed by atoms with Gasteiger partial charge < -0.3 is 15.4 Å². The van der Waals surface area contributed by atoms with Crippen LogP contribution in [-0.4, -0.2) is 35.8 Å². The Bertz CT molecular complexity index is 997. The number of carboxylic acids is 1. The lowest BCUT2D eigenvalue weighted by molar-refractivity contribution is -0.192. The Labute approximate surface area is 161 Å². The Kier molecular flexibility index (Phi) is 6.91. The summed E-state index contributed by atoms with van der Waals surface area (Å²) in [5.41, 5.74) is 2.51. The van der Waals surface area contributed by atoms with Crippen LogP contribution in [0.15, 0.2) is 36.4 Å². The fraction of sp³-hybridized carbons (Fsp3) is 0.211. The molecule has 0 fully saturated rings. The number of alkyl halides is 3. The Balaban J connectivity index is 0.000000370. The first-order chi connectivity index (χ1) is 13.5. The van der Waals surface area contributed by atoms with Gasteiger partial charge in [0.25, 0.3) is 0 Å². The quantitative estimate of drug-likeness (QED) is 0.541. The summed E-state index contributed by atoms with van der Waals surface area (Å²) in [6.07, 6.45) is -4.48. The van der Waals surface area contributed by atoms with Crippen LogP contribution in [0.5, 0.6) is 0 Å². The molecule has 4 nitrogen and oxygen atoms in total. The number of carbonyl (C=O) groups is 1. The maximum absolute atomic E-state index is 14.0. The lowest BCUT2D eigenvalue weighted by atomic mass is 10.0. The highest BCUT2D eigenvalue weighted by Crippen LogP contribution is 2.32. The molecule has 0 unspecified atom stereocenters. The third-order valence-electron chi connectivity index (χ3n) is 3.93. The smallest absolute Gasteiger partial charge is 0.475 e. The van der Waals surface area contributed by atoms with Crippen molar-refractivity contribution >= 4 is 16.9 Å². The molecule has 2 aromatic carbocycles. The summed E-state index contributed by atoms with van der Waals surface area (Å²) in [6.45, 7) is 0.666. The van der Waals surface area contributed by atoms with E-state index in [4.69, 9.17) is 9.90 Å². The van der Waals surface area contributed by atoms with Crippen LogP contribution >= 0.6 is 0 Å². The van der Waals surface area contributed by atoms with E-state index in [1.165, 1.54) is 18.2 Å². The number of nitrogens with one attached hydrogen (secondary N) is 2. The zero-order valence-electron chi connectivity index (χ0n) is 15.0. The van der Waals surface area contributed by atoms with Crippen LogP contribution in [0.3, 0.4) is 0 Å². The molecule has 0 bridgehead atoms. The van der Waals surface area contributed by atoms with Gasteiger partial charge >= 0.3 is 12.1 Å². The number of likely N-dealkylation sites (N-methyl/N-ethyl adjacent to an activating group) is 1. The molecular formula is C19H16F6N2O2. The molecule has 0 radical (unpaired) electrons. The zero-order valence-corrected chi connectivity index (χ0v) is 15.0. The topological polar surface area (TPSA) is 65.1 Å². The molecule has 0 aliphatic heterocycles. The monoisotopic (exact) mass is 418 g/mol. The van der Waals surface area contributed by atoms with Crippen LogP contribution in [0.4, 0.5) is 26.3 Å². The number of aromatic amines is 1. The summed E-state index contributed by atoms with van der Waals surface area (Å²) in [5.74, 6) is -4.34. The van der Waals surface area contributed by atoms with E-state index in [9.17, 15) is 26.3 Å². The molecule has 1 heterocycles. The Morgan fingerprint density at radius 2 is 1.66 bits per heavy atom. The summed E-state index contributed by atoms with van der Waals surface area (Å²) in [4.78, 5) is 11.9. The Hall–Kier alpha value is -3.01. The van der Waals surface area contributed by atoms with Crippen molar-refractivity contribution in [2.45, 2.75) is 12.6 Å². The van der Waals surface area contributed by atoms with Crippen LogP contribution < -0.4 is 5.32 Å². The standard InChI is InChI=1S/C17H15F3N2.C2HF3O2/c1-21-7-6-13-14-8-12(19)9-15(20)17(14)22-16(13)10-2-4-11(18)5-3-10;3-2(4,5)1(6)7/h2-5,8-9,21-22H,6-7H2,1H3;(H,6,7). The fourth-order valence-electron chi connectivity index (χ4n) is 2.65. The third kappa shape index (κ3) is 5.50. The van der Waals surface area contributed by atoms with Gasteiger partial charge in [-0.2, -0.15) is 13.2 Å². The van der Waals surface area contributed by atoms with Crippen LogP contribution in [0.1, 0.15) is 5.56 Å². The van der Waals surface area contributed by atoms with E-state index in [1.54, 1.807) is 12.1 Å². The number of carboxylic acid groups (broad SMARTS) is 1. The lowest BCUT2D eigenvalue weighted by Gasteiger charge is -2.05. The minimum atomic E-state index is -5.08. The van der Waals surface area contributed by atoms with Crippen molar-refractivity contribution in [3.8, 4) is 11.3 Å². The van der Waals surface area contributed by atoms with Crippen molar-refractivity contribution < 1.29 is 36.2 Å². The highest BCUT2D eigenvalue weighted by atomic mass is 19.4. The van der Waals surface area contributed by atoms with Gasteiger partial charge in [-0.1, -0.05) is 0 Å². The molecule has 0 amide bonds. The zero-order chi connectivity index (χ0) is 21.8. The number of benzene rings is 2. The number of H-pyrrole nitrogens is 1. The van der Waals surface area contributed by atoms with E-state index in [2.05, 4.69) is 10.3 Å². The molecule has 29 heavy (non-hydrogen) atoms. The molecule has 0 saturated heterocycles. The molecule has 0 aliphatic carbocycles. The molecule has 3 rings (SSSR count). The molecule has 0 atom stereocenters. The molecule has 0 spiro atoms. The first-order valence-corrected chi connectivity index (χ1v) is 8.24. The molecular weight excluding hydrogens is 402 g/mol. The van der Waals surface area contributed by atoms with Crippen LogP contribution in [0.25, 0.3) is 22.2 Å². The number of fused-ring (bicyclic) bond motifs is 1. The van der Waals surface area contributed by atoms with E-state index in [0.717, 1.165) is 17.2 Å². The van der Waals surface area contributed by atoms with Gasteiger partial charge in [0.05, 0.1) is 5.52 Å². The minimum Gasteiger partial charge on any atom is -0.475 e. The first kappa shape index (κ1) is 22.3. The number of aliphatic carboxylic acids is 1. The predicted octanol–water partition coefficient (Wildman–Crippen LogP) is 4.65. The van der Waals surface area contributed by atoms with Crippen molar-refractivity contribution in [1.82, 2.24) is 10.3 Å². The summed E-state index contributed by atoms with van der Waals surface area (Å²) in [6, 6.07) is 8.12. The fourth-order valence-corrected chi connectivity index (χ4v) is 2.65. The van der Waals surface area contributed by atoms with Gasteiger partial charge in [-0.25, -0.2) is 18.0 Å². The average Bonchev–Trinajstić information content (AvgIpc) is 2.99. The van der Waals surface area contributed by atoms with Gasteiger partial charge in [0.1, 0.15) is 17.5 Å². The number of hydrogen-bond donors (Lipinski definition) is 3. The summed E-state index contributed by atoms with van der Waals surface area (Å²) in [7, 11) is 1.81. The van der Waals surface area contributed by atoms with Gasteiger partial charge in [-0.15, -0.1) is 0 Å². The number of aromatic nitrogens is 1. The number of halogens is 6. The van der Waals surface area contributed by atoms with Crippen molar-refractivity contribution in [2.75, 3.05) is 13.6 Å². The highest BCUT2D eigenvalue weighted by Gasteiger charge is 2.38. The van der Waals surface area contributed by atoms with Crippen LogP contribution in [-0.2, 0) is 11.2 Å². The summed E-state index contributed by atoms with van der Waals surface area (Å²) >= 11 is 0. The van der Waals surface area contributed by atoms with Gasteiger partial charge in [0, 0.05) is 17.1 Å². The molecule has 3 aromatic rings. The Morgan fingerprint density at radius 1 is 1.07 bits per heavy atom. The van der Waals surface area contributed by atoms with Gasteiger partial charge in [0.2, 0.25) is 0 Å². The lowest BCUT2D eigenvalue weighted by Crippen LogP contribution is -2.21. The van der Waals surface area contributed by atoms with E-state index < -0.39 is 23.8 Å². The largest absolute Gasteiger partial charge is 0.490 e. The maximum Gasteiger partial charge on any atom is 0.490 e. The second-order valence-electron chi connectivity index (χ2n) is 5.95. The van der Waals surface area contributed by atoms with Gasteiger partial charge in [-0.05, 0) is 61.5 Å². The predicted molar refractivity (Wildman–Crippen MR) is 94.9 cm³/mol. The number of hydrogen-bond acceptors (Lipinski definition) is 2. The van der Waals surface area contributed by atoms with Gasteiger partial charge in [0.15, 0.2) is 0 Å². The molecule has 3 N–H and O–H groups in total. The van der Waals surface area contributed by atoms with Crippen molar-refractivity contribution in [3.05, 3.63) is 59.4 Å². The van der Waals surface area contributed by atoms with Crippen molar-refractivity contribution in [3.63, 3.8) is 0 Å². The molecule has 1 aromatic heterocycles. The molecule has 0 aliphatic rings. The minimum absolute atomic E-state index is 0.270. The van der Waals surface area contributed by atoms with Crippen molar-refractivity contribution in [1.29, 1.82) is 0 Å². The second-order valence-corrected chi connectivity index (χ2v) is 5.95. The van der Waals surface area contributed by atoms with E-state index >= 15 is 0 Å². The van der Waals surface area contributed by atoms with Crippen LogP contribution in [0.2, 0.25) is 0 Å². The highest BCUT2D eigenvalue weighted by molar-refractivity contribution is 5.91. The SMILES string of the molecule is CNCCc1c(-c2ccc(F)cc2)[nH]c2c(F)cc(F)cc12.O=C(O)C(F)(F)F. The number of rotatable bonds is 4. The van der Waals surface area contributed by atoms with Gasteiger partial charge in [-0.3, -0.25) is 0 Å². The molecule has 156 valence electrons. The molecule has 10 heteroatoms. The summed E-state index contributed by atoms with van der Waals surface area (Å²) < 4.78 is 72.4. The van der Waals surface area contributed by atoms with Crippen LogP contribution in [0, 0.1) is 17.5 Å². The van der Waals surface area contributed by atoms with E-state index in [0.29, 0.717) is 24.0 Å². The third-order valence-corrected chi connectivity index (χ3v) is 3.93. The molecule has 0 saturated carbocycles. The second kappa shape index (κ2) is 8.99. The van der Waals surface area contributed by atoms with Crippen molar-refractivity contribution in [2.24, 2.45) is 0 Å². The normalized spacial score (nSPS) is 11.3. The van der Waals surface area contributed by atoms with E-state index in [1.807, 2.05) is 7.05 Å². The average molecular weight is 418 g/mol. The van der Waals surface area contributed by atoms with E-state index in [-0.39, 0.29) is 11.3 Å². The Morgan fingerprint density at radius 3 is 2.17 bits per heavy atom.